The first kappa shape index (κ1) is 22.4. The van der Waals surface area contributed by atoms with Crippen LogP contribution in [0.5, 0.6) is 0 Å². The van der Waals surface area contributed by atoms with E-state index in [0.717, 1.165) is 25.7 Å². The van der Waals surface area contributed by atoms with Gasteiger partial charge in [-0.2, -0.15) is 0 Å². The van der Waals surface area contributed by atoms with Crippen molar-refractivity contribution in [2.75, 3.05) is 6.61 Å². The summed E-state index contributed by atoms with van der Waals surface area (Å²) in [4.78, 5) is 11.2. The number of aliphatic hydroxyl groups is 1. The molecule has 0 aromatic heterocycles. The molecule has 0 aromatic rings. The molecular weight excluding hydrogens is 288 g/mol. The highest BCUT2D eigenvalue weighted by molar-refractivity contribution is 5.69. The maximum Gasteiger partial charge on any atom is 0.305 e. The summed E-state index contributed by atoms with van der Waals surface area (Å²) in [6.07, 6.45) is 17.1. The van der Waals surface area contributed by atoms with Crippen molar-refractivity contribution in [1.82, 2.24) is 0 Å². The average molecular weight is 329 g/mol. The van der Waals surface area contributed by atoms with E-state index in [1.165, 1.54) is 64.2 Å². The lowest BCUT2D eigenvalue weighted by Crippen LogP contribution is -2.05. The van der Waals surface area contributed by atoms with Gasteiger partial charge in [-0.25, -0.2) is 0 Å². The van der Waals surface area contributed by atoms with Gasteiger partial charge in [0.05, 0.1) is 12.7 Å². The summed E-state index contributed by atoms with van der Waals surface area (Å²) in [5.41, 5.74) is 0. The van der Waals surface area contributed by atoms with E-state index in [1.807, 2.05) is 6.92 Å². The van der Waals surface area contributed by atoms with Crippen molar-refractivity contribution in [2.24, 2.45) is 0 Å². The van der Waals surface area contributed by atoms with E-state index >= 15 is 0 Å². The van der Waals surface area contributed by atoms with E-state index in [9.17, 15) is 9.90 Å². The summed E-state index contributed by atoms with van der Waals surface area (Å²) >= 11 is 0. The smallest absolute Gasteiger partial charge is 0.305 e. The summed E-state index contributed by atoms with van der Waals surface area (Å²) in [5, 5.41) is 9.84. The predicted octanol–water partition coefficient (Wildman–Crippen LogP) is 5.78. The van der Waals surface area contributed by atoms with Gasteiger partial charge in [-0.15, -0.1) is 0 Å². The number of hydrogen-bond acceptors (Lipinski definition) is 3. The maximum absolute atomic E-state index is 11.2. The van der Waals surface area contributed by atoms with Crippen LogP contribution in [0.2, 0.25) is 0 Å². The highest BCUT2D eigenvalue weighted by atomic mass is 16.5. The zero-order valence-corrected chi connectivity index (χ0v) is 15.7. The lowest BCUT2D eigenvalue weighted by molar-refractivity contribution is -0.143. The number of unbranched alkanes of at least 4 members (excludes halogenated alkanes) is 10. The van der Waals surface area contributed by atoms with Crippen LogP contribution in [0.4, 0.5) is 0 Å². The van der Waals surface area contributed by atoms with Gasteiger partial charge in [0.15, 0.2) is 0 Å². The Labute approximate surface area is 144 Å². The van der Waals surface area contributed by atoms with E-state index in [4.69, 9.17) is 4.74 Å². The van der Waals surface area contributed by atoms with Crippen molar-refractivity contribution < 1.29 is 14.6 Å². The Morgan fingerprint density at radius 3 is 1.78 bits per heavy atom. The van der Waals surface area contributed by atoms with Crippen LogP contribution in [0, 0.1) is 0 Å². The molecule has 0 aromatic carbocycles. The molecule has 0 saturated heterocycles. The van der Waals surface area contributed by atoms with Gasteiger partial charge < -0.3 is 9.84 Å². The second kappa shape index (κ2) is 17.8. The third kappa shape index (κ3) is 17.6. The average Bonchev–Trinajstić information content (AvgIpc) is 2.53. The Morgan fingerprint density at radius 1 is 0.783 bits per heavy atom. The van der Waals surface area contributed by atoms with Crippen LogP contribution in [0.25, 0.3) is 0 Å². The number of rotatable bonds is 17. The molecule has 0 aliphatic rings. The molecule has 0 fully saturated rings. The van der Waals surface area contributed by atoms with Gasteiger partial charge in [-0.05, 0) is 26.2 Å². The topological polar surface area (TPSA) is 46.5 Å². The van der Waals surface area contributed by atoms with E-state index in [-0.39, 0.29) is 12.1 Å². The third-order valence-electron chi connectivity index (χ3n) is 4.36. The van der Waals surface area contributed by atoms with Crippen molar-refractivity contribution in [3.8, 4) is 0 Å². The summed E-state index contributed by atoms with van der Waals surface area (Å²) in [5.74, 6) is -0.0515. The Hall–Kier alpha value is -0.570. The maximum atomic E-state index is 11.2. The molecule has 0 radical (unpaired) electrons. The summed E-state index contributed by atoms with van der Waals surface area (Å²) in [6, 6.07) is 0. The fourth-order valence-corrected chi connectivity index (χ4v) is 2.89. The number of ether oxygens (including phenoxy) is 1. The first-order valence-corrected chi connectivity index (χ1v) is 10.0. The highest BCUT2D eigenvalue weighted by Crippen LogP contribution is 2.14. The van der Waals surface area contributed by atoms with Gasteiger partial charge in [0.25, 0.3) is 0 Å². The van der Waals surface area contributed by atoms with Gasteiger partial charge in [-0.3, -0.25) is 4.79 Å². The molecule has 0 rings (SSSR count). The third-order valence-corrected chi connectivity index (χ3v) is 4.36. The van der Waals surface area contributed by atoms with Crippen LogP contribution in [0.1, 0.15) is 110 Å². The fraction of sp³-hybridized carbons (Fsp3) is 0.950. The van der Waals surface area contributed by atoms with Crippen LogP contribution in [-0.2, 0) is 9.53 Å². The lowest BCUT2D eigenvalue weighted by Gasteiger charge is -2.09. The molecule has 0 amide bonds. The molecule has 0 aliphatic carbocycles. The number of aliphatic hydroxyl groups excluding tert-OH is 1. The monoisotopic (exact) mass is 328 g/mol. The standard InChI is InChI=1S/C20H40O3/c1-3-5-13-16-19(21)17-14-11-9-7-6-8-10-12-15-18-20(22)23-4-2/h19,21H,3-18H2,1-2H3/t19-/m0/s1. The molecule has 0 aliphatic heterocycles. The van der Waals surface area contributed by atoms with Crippen LogP contribution in [0.15, 0.2) is 0 Å². The van der Waals surface area contributed by atoms with Gasteiger partial charge in [0.1, 0.15) is 0 Å². The second-order valence-electron chi connectivity index (χ2n) is 6.68. The zero-order chi connectivity index (χ0) is 17.2. The minimum absolute atomic E-state index is 0.0515. The zero-order valence-electron chi connectivity index (χ0n) is 15.7. The van der Waals surface area contributed by atoms with Crippen LogP contribution in [0.3, 0.4) is 0 Å². The molecule has 1 atom stereocenters. The minimum atomic E-state index is -0.0686. The number of hydrogen-bond donors (Lipinski definition) is 1. The Morgan fingerprint density at radius 2 is 1.26 bits per heavy atom. The molecular formula is C20H40O3. The molecule has 138 valence electrons. The quantitative estimate of drug-likeness (QED) is 0.272. The first-order chi connectivity index (χ1) is 11.2. The second-order valence-corrected chi connectivity index (χ2v) is 6.68. The van der Waals surface area contributed by atoms with E-state index in [0.29, 0.717) is 13.0 Å². The molecule has 3 nitrogen and oxygen atoms in total. The molecule has 0 saturated carbocycles. The summed E-state index contributed by atoms with van der Waals surface area (Å²) < 4.78 is 4.91. The van der Waals surface area contributed by atoms with Crippen LogP contribution < -0.4 is 0 Å². The van der Waals surface area contributed by atoms with Crippen LogP contribution >= 0.6 is 0 Å². The number of esters is 1. The molecule has 0 unspecified atom stereocenters. The van der Waals surface area contributed by atoms with E-state index in [1.54, 1.807) is 0 Å². The molecule has 1 N–H and O–H groups in total. The summed E-state index contributed by atoms with van der Waals surface area (Å²) in [6.45, 7) is 4.55. The molecule has 0 spiro atoms. The fourth-order valence-electron chi connectivity index (χ4n) is 2.89. The van der Waals surface area contributed by atoms with Crippen molar-refractivity contribution in [2.45, 2.75) is 116 Å². The van der Waals surface area contributed by atoms with Crippen molar-refractivity contribution in [1.29, 1.82) is 0 Å². The number of carbonyl (C=O) groups excluding carboxylic acids is 1. The highest BCUT2D eigenvalue weighted by Gasteiger charge is 2.03. The lowest BCUT2D eigenvalue weighted by atomic mass is 10.0. The van der Waals surface area contributed by atoms with E-state index < -0.39 is 0 Å². The molecule has 3 heteroatoms. The minimum Gasteiger partial charge on any atom is -0.466 e. The number of carbonyl (C=O) groups is 1. The van der Waals surface area contributed by atoms with Gasteiger partial charge in [0, 0.05) is 6.42 Å². The Kier molecular flexibility index (Phi) is 17.3. The Bertz CT molecular complexity index is 253. The molecule has 0 heterocycles. The SMILES string of the molecule is CCCCC[C@H](O)CCCCCCCCCCCC(=O)OCC. The predicted molar refractivity (Wildman–Crippen MR) is 97.6 cm³/mol. The largest absolute Gasteiger partial charge is 0.466 e. The van der Waals surface area contributed by atoms with Crippen molar-refractivity contribution in [3.63, 3.8) is 0 Å². The Balaban J connectivity index is 3.14. The van der Waals surface area contributed by atoms with Gasteiger partial charge >= 0.3 is 5.97 Å². The van der Waals surface area contributed by atoms with Crippen molar-refractivity contribution >= 4 is 5.97 Å². The first-order valence-electron chi connectivity index (χ1n) is 10.0. The van der Waals surface area contributed by atoms with Gasteiger partial charge in [-0.1, -0.05) is 77.6 Å². The normalized spacial score (nSPS) is 12.3. The van der Waals surface area contributed by atoms with E-state index in [2.05, 4.69) is 6.92 Å². The van der Waals surface area contributed by atoms with Gasteiger partial charge in [0.2, 0.25) is 0 Å². The van der Waals surface area contributed by atoms with Crippen molar-refractivity contribution in [3.05, 3.63) is 0 Å². The van der Waals surface area contributed by atoms with Crippen LogP contribution in [-0.4, -0.2) is 23.8 Å². The summed E-state index contributed by atoms with van der Waals surface area (Å²) in [7, 11) is 0. The molecule has 0 bridgehead atoms. The molecule has 23 heavy (non-hydrogen) atoms.